The fraction of sp³-hybridized carbons (Fsp3) is 0.857. The number of amides is 1. The highest BCUT2D eigenvalue weighted by atomic mass is 16.5. The van der Waals surface area contributed by atoms with Crippen molar-refractivity contribution in [1.82, 2.24) is 10.6 Å². The SMILES string of the molecule is O=C(CC1COCCN1)NCC1(C(=O)O)CCCCC1. The molecule has 0 aromatic rings. The molecule has 1 atom stereocenters. The maximum atomic E-state index is 11.9. The molecular formula is C14H24N2O4. The van der Waals surface area contributed by atoms with Gasteiger partial charge in [0.05, 0.1) is 18.6 Å². The summed E-state index contributed by atoms with van der Waals surface area (Å²) in [7, 11) is 0. The molecule has 1 saturated heterocycles. The zero-order valence-corrected chi connectivity index (χ0v) is 11.8. The molecule has 0 radical (unpaired) electrons. The van der Waals surface area contributed by atoms with Crippen LogP contribution in [0.15, 0.2) is 0 Å². The first-order chi connectivity index (χ1) is 9.62. The first-order valence-corrected chi connectivity index (χ1v) is 7.44. The van der Waals surface area contributed by atoms with Crippen LogP contribution in [0.3, 0.4) is 0 Å². The van der Waals surface area contributed by atoms with Crippen molar-refractivity contribution in [2.45, 2.75) is 44.6 Å². The van der Waals surface area contributed by atoms with E-state index in [1.807, 2.05) is 0 Å². The molecule has 1 unspecified atom stereocenters. The second-order valence-corrected chi connectivity index (χ2v) is 5.85. The minimum Gasteiger partial charge on any atom is -0.481 e. The third kappa shape index (κ3) is 3.93. The van der Waals surface area contributed by atoms with Crippen LogP contribution in [0.1, 0.15) is 38.5 Å². The Morgan fingerprint density at radius 3 is 2.65 bits per heavy atom. The first-order valence-electron chi connectivity index (χ1n) is 7.44. The summed E-state index contributed by atoms with van der Waals surface area (Å²) in [6.07, 6.45) is 4.61. The lowest BCUT2D eigenvalue weighted by Crippen LogP contribution is -2.47. The van der Waals surface area contributed by atoms with Crippen LogP contribution in [-0.4, -0.2) is 49.3 Å². The molecule has 1 heterocycles. The van der Waals surface area contributed by atoms with Gasteiger partial charge in [-0.3, -0.25) is 9.59 Å². The second kappa shape index (κ2) is 7.04. The van der Waals surface area contributed by atoms with Crippen LogP contribution in [0.25, 0.3) is 0 Å². The van der Waals surface area contributed by atoms with E-state index in [2.05, 4.69) is 10.6 Å². The number of carbonyl (C=O) groups excluding carboxylic acids is 1. The largest absolute Gasteiger partial charge is 0.481 e. The number of carboxylic acid groups (broad SMARTS) is 1. The predicted octanol–water partition coefficient (Wildman–Crippen LogP) is 0.516. The van der Waals surface area contributed by atoms with Gasteiger partial charge in [0.15, 0.2) is 0 Å². The molecule has 2 aliphatic rings. The number of nitrogens with one attached hydrogen (secondary N) is 2. The summed E-state index contributed by atoms with van der Waals surface area (Å²) in [5, 5.41) is 15.5. The first kappa shape index (κ1) is 15.3. The van der Waals surface area contributed by atoms with E-state index in [1.54, 1.807) is 0 Å². The summed E-state index contributed by atoms with van der Waals surface area (Å²) in [6, 6.07) is 0.0379. The van der Waals surface area contributed by atoms with Gasteiger partial charge in [0.25, 0.3) is 0 Å². The van der Waals surface area contributed by atoms with E-state index < -0.39 is 11.4 Å². The normalized spacial score (nSPS) is 25.9. The minimum absolute atomic E-state index is 0.0379. The zero-order chi connectivity index (χ0) is 14.4. The molecule has 0 bridgehead atoms. The number of rotatable bonds is 5. The van der Waals surface area contributed by atoms with Crippen LogP contribution in [0.4, 0.5) is 0 Å². The molecule has 1 aliphatic carbocycles. The van der Waals surface area contributed by atoms with Crippen molar-refractivity contribution in [3.05, 3.63) is 0 Å². The van der Waals surface area contributed by atoms with E-state index in [1.165, 1.54) is 0 Å². The molecule has 2 rings (SSSR count). The highest BCUT2D eigenvalue weighted by molar-refractivity contribution is 5.79. The van der Waals surface area contributed by atoms with Gasteiger partial charge in [0.1, 0.15) is 0 Å². The Labute approximate surface area is 119 Å². The van der Waals surface area contributed by atoms with Crippen LogP contribution in [0, 0.1) is 5.41 Å². The maximum Gasteiger partial charge on any atom is 0.311 e. The molecule has 3 N–H and O–H groups in total. The smallest absolute Gasteiger partial charge is 0.311 e. The van der Waals surface area contributed by atoms with E-state index in [-0.39, 0.29) is 18.5 Å². The quantitative estimate of drug-likeness (QED) is 0.685. The number of aliphatic carboxylic acids is 1. The van der Waals surface area contributed by atoms with Gasteiger partial charge in [-0.05, 0) is 12.8 Å². The molecule has 1 aliphatic heterocycles. The Hall–Kier alpha value is -1.14. The Bertz CT molecular complexity index is 347. The maximum absolute atomic E-state index is 11.9. The summed E-state index contributed by atoms with van der Waals surface area (Å²) < 4.78 is 5.30. The summed E-state index contributed by atoms with van der Waals surface area (Å²) in [4.78, 5) is 23.4. The molecule has 1 saturated carbocycles. The van der Waals surface area contributed by atoms with Gasteiger partial charge >= 0.3 is 5.97 Å². The standard InChI is InChI=1S/C14H24N2O4/c17-12(8-11-9-20-7-6-15-11)16-10-14(13(18)19)4-2-1-3-5-14/h11,15H,1-10H2,(H,16,17)(H,18,19). The van der Waals surface area contributed by atoms with Crippen molar-refractivity contribution < 1.29 is 19.4 Å². The van der Waals surface area contributed by atoms with Gasteiger partial charge < -0.3 is 20.5 Å². The van der Waals surface area contributed by atoms with Crippen molar-refractivity contribution in [3.8, 4) is 0 Å². The van der Waals surface area contributed by atoms with Crippen LogP contribution in [-0.2, 0) is 14.3 Å². The van der Waals surface area contributed by atoms with Crippen molar-refractivity contribution in [2.75, 3.05) is 26.3 Å². The number of ether oxygens (including phenoxy) is 1. The summed E-state index contributed by atoms with van der Waals surface area (Å²) in [6.45, 7) is 2.23. The Balaban J connectivity index is 1.79. The summed E-state index contributed by atoms with van der Waals surface area (Å²) >= 11 is 0. The lowest BCUT2D eigenvalue weighted by molar-refractivity contribution is -0.151. The Morgan fingerprint density at radius 1 is 1.30 bits per heavy atom. The van der Waals surface area contributed by atoms with Crippen molar-refractivity contribution in [1.29, 1.82) is 0 Å². The van der Waals surface area contributed by atoms with E-state index >= 15 is 0 Å². The van der Waals surface area contributed by atoms with Crippen LogP contribution >= 0.6 is 0 Å². The monoisotopic (exact) mass is 284 g/mol. The van der Waals surface area contributed by atoms with Gasteiger partial charge in [-0.15, -0.1) is 0 Å². The molecule has 1 amide bonds. The fourth-order valence-electron chi connectivity index (χ4n) is 3.01. The van der Waals surface area contributed by atoms with Crippen LogP contribution in [0.2, 0.25) is 0 Å². The fourth-order valence-corrected chi connectivity index (χ4v) is 3.01. The molecule has 0 aromatic heterocycles. The highest BCUT2D eigenvalue weighted by Crippen LogP contribution is 2.36. The van der Waals surface area contributed by atoms with E-state index in [4.69, 9.17) is 4.74 Å². The van der Waals surface area contributed by atoms with Crippen LogP contribution in [0.5, 0.6) is 0 Å². The third-order valence-corrected chi connectivity index (χ3v) is 4.32. The number of hydrogen-bond acceptors (Lipinski definition) is 4. The number of carboxylic acids is 1. The number of carbonyl (C=O) groups is 2. The molecule has 6 nitrogen and oxygen atoms in total. The minimum atomic E-state index is -0.781. The molecule has 6 heteroatoms. The predicted molar refractivity (Wildman–Crippen MR) is 73.4 cm³/mol. The lowest BCUT2D eigenvalue weighted by Gasteiger charge is -2.33. The van der Waals surface area contributed by atoms with Gasteiger partial charge in [0, 0.05) is 25.6 Å². The molecular weight excluding hydrogens is 260 g/mol. The topological polar surface area (TPSA) is 87.7 Å². The van der Waals surface area contributed by atoms with Crippen LogP contribution < -0.4 is 10.6 Å². The van der Waals surface area contributed by atoms with E-state index in [0.717, 1.165) is 25.8 Å². The average molecular weight is 284 g/mol. The van der Waals surface area contributed by atoms with Crippen molar-refractivity contribution in [2.24, 2.45) is 5.41 Å². The number of hydrogen-bond donors (Lipinski definition) is 3. The number of morpholine rings is 1. The summed E-state index contributed by atoms with van der Waals surface area (Å²) in [5.41, 5.74) is -0.760. The van der Waals surface area contributed by atoms with Gasteiger partial charge in [-0.2, -0.15) is 0 Å². The molecule has 20 heavy (non-hydrogen) atoms. The molecule has 0 spiro atoms. The average Bonchev–Trinajstić information content (AvgIpc) is 2.47. The second-order valence-electron chi connectivity index (χ2n) is 5.85. The van der Waals surface area contributed by atoms with Gasteiger partial charge in [-0.1, -0.05) is 19.3 Å². The highest BCUT2D eigenvalue weighted by Gasteiger charge is 2.39. The van der Waals surface area contributed by atoms with E-state index in [0.29, 0.717) is 32.5 Å². The Morgan fingerprint density at radius 2 is 2.05 bits per heavy atom. The Kier molecular flexibility index (Phi) is 5.37. The molecule has 114 valence electrons. The van der Waals surface area contributed by atoms with Crippen molar-refractivity contribution in [3.63, 3.8) is 0 Å². The van der Waals surface area contributed by atoms with Gasteiger partial charge in [-0.25, -0.2) is 0 Å². The summed E-state index contributed by atoms with van der Waals surface area (Å²) in [5.74, 6) is -0.879. The third-order valence-electron chi connectivity index (χ3n) is 4.32. The zero-order valence-electron chi connectivity index (χ0n) is 11.8. The van der Waals surface area contributed by atoms with Gasteiger partial charge in [0.2, 0.25) is 5.91 Å². The lowest BCUT2D eigenvalue weighted by atomic mass is 9.74. The van der Waals surface area contributed by atoms with E-state index in [9.17, 15) is 14.7 Å². The molecule has 2 fully saturated rings. The van der Waals surface area contributed by atoms with Crippen molar-refractivity contribution >= 4 is 11.9 Å². The molecule has 0 aromatic carbocycles.